The van der Waals surface area contributed by atoms with Crippen molar-refractivity contribution >= 4 is 22.4 Å². The van der Waals surface area contributed by atoms with Crippen LogP contribution in [0.2, 0.25) is 0 Å². The van der Waals surface area contributed by atoms with Crippen LogP contribution in [0.15, 0.2) is 36.8 Å². The molecule has 0 aliphatic carbocycles. The minimum atomic E-state index is 0.509. The van der Waals surface area contributed by atoms with Crippen molar-refractivity contribution in [3.05, 3.63) is 48.3 Å². The van der Waals surface area contributed by atoms with Gasteiger partial charge in [-0.05, 0) is 30.6 Å². The van der Waals surface area contributed by atoms with Gasteiger partial charge in [0.25, 0.3) is 0 Å². The number of pyridine rings is 1. The van der Waals surface area contributed by atoms with E-state index in [9.17, 15) is 0 Å². The van der Waals surface area contributed by atoms with Crippen LogP contribution in [0.5, 0.6) is 0 Å². The average Bonchev–Trinajstić information content (AvgIpc) is 2.87. The highest BCUT2D eigenvalue weighted by atomic mass is 32.1. The van der Waals surface area contributed by atoms with Crippen molar-refractivity contribution in [3.63, 3.8) is 0 Å². The maximum absolute atomic E-state index is 5.97. The van der Waals surface area contributed by atoms with Crippen LogP contribution < -0.4 is 11.1 Å². The van der Waals surface area contributed by atoms with Crippen LogP contribution in [-0.4, -0.2) is 19.3 Å². The Labute approximate surface area is 126 Å². The summed E-state index contributed by atoms with van der Waals surface area (Å²) in [5.41, 5.74) is 8.73. The van der Waals surface area contributed by atoms with Crippen LogP contribution in [0, 0.1) is 6.92 Å². The summed E-state index contributed by atoms with van der Waals surface area (Å²) >= 11 is 1.34. The molecule has 0 saturated heterocycles. The molecule has 0 spiro atoms. The Morgan fingerprint density at radius 2 is 2.19 bits per heavy atom. The maximum Gasteiger partial charge on any atom is 0.147 e. The van der Waals surface area contributed by atoms with Gasteiger partial charge in [0.05, 0.1) is 17.8 Å². The number of nitrogens with two attached hydrogens (primary N) is 1. The molecule has 3 N–H and O–H groups in total. The summed E-state index contributed by atoms with van der Waals surface area (Å²) in [4.78, 5) is 12.6. The molecule has 0 amide bonds. The Balaban J connectivity index is 1.84. The Kier molecular flexibility index (Phi) is 3.74. The van der Waals surface area contributed by atoms with Gasteiger partial charge < -0.3 is 11.1 Å². The van der Waals surface area contributed by atoms with Crippen LogP contribution in [0.25, 0.3) is 11.1 Å². The quantitative estimate of drug-likeness (QED) is 0.769. The van der Waals surface area contributed by atoms with Crippen molar-refractivity contribution in [2.75, 3.05) is 11.1 Å². The van der Waals surface area contributed by atoms with E-state index >= 15 is 0 Å². The van der Waals surface area contributed by atoms with Gasteiger partial charge in [0.2, 0.25) is 0 Å². The van der Waals surface area contributed by atoms with Crippen LogP contribution in [0.4, 0.5) is 10.8 Å². The molecule has 3 aromatic heterocycles. The molecule has 0 fully saturated rings. The first kappa shape index (κ1) is 13.4. The Hall–Kier alpha value is -2.54. The highest BCUT2D eigenvalue weighted by molar-refractivity contribution is 7.11. The lowest BCUT2D eigenvalue weighted by molar-refractivity contribution is 0.957. The number of nitrogen functional groups attached to an aromatic ring is 1. The predicted molar refractivity (Wildman–Crippen MR) is 83.9 cm³/mol. The number of nitrogens with one attached hydrogen (secondary N) is 1. The van der Waals surface area contributed by atoms with E-state index in [1.165, 1.54) is 11.5 Å². The number of aryl methyl sites for hydroxylation is 1. The molecule has 3 heterocycles. The number of anilines is 2. The molecule has 6 nitrogen and oxygen atoms in total. The number of hydrogen-bond donors (Lipinski definition) is 2. The second-order valence-corrected chi connectivity index (χ2v) is 5.24. The molecule has 0 atom stereocenters. The highest BCUT2D eigenvalue weighted by Crippen LogP contribution is 2.36. The lowest BCUT2D eigenvalue weighted by Crippen LogP contribution is -2.03. The fourth-order valence-corrected chi connectivity index (χ4v) is 2.72. The van der Waals surface area contributed by atoms with Crippen molar-refractivity contribution in [2.45, 2.75) is 13.5 Å². The summed E-state index contributed by atoms with van der Waals surface area (Å²) in [5.74, 6) is 1.26. The third-order valence-electron chi connectivity index (χ3n) is 2.93. The van der Waals surface area contributed by atoms with Gasteiger partial charge in [0, 0.05) is 24.2 Å². The third kappa shape index (κ3) is 2.97. The molecule has 0 aromatic carbocycles. The topological polar surface area (TPSA) is 89.6 Å². The van der Waals surface area contributed by atoms with Crippen LogP contribution in [0.1, 0.15) is 11.5 Å². The molecule has 3 rings (SSSR count). The van der Waals surface area contributed by atoms with Crippen molar-refractivity contribution < 1.29 is 0 Å². The van der Waals surface area contributed by atoms with E-state index in [1.54, 1.807) is 18.6 Å². The second kappa shape index (κ2) is 5.84. The van der Waals surface area contributed by atoms with Gasteiger partial charge in [-0.15, -0.1) is 0 Å². The van der Waals surface area contributed by atoms with E-state index in [2.05, 4.69) is 24.6 Å². The molecule has 0 aliphatic heterocycles. The van der Waals surface area contributed by atoms with E-state index in [4.69, 9.17) is 5.73 Å². The van der Waals surface area contributed by atoms with Gasteiger partial charge in [-0.3, -0.25) is 4.98 Å². The fourth-order valence-electron chi connectivity index (χ4n) is 1.99. The SMILES string of the molecule is Cc1nccc(CNc2snc(N)c2-c2cccnc2)n1. The Morgan fingerprint density at radius 3 is 2.95 bits per heavy atom. The summed E-state index contributed by atoms with van der Waals surface area (Å²) in [6, 6.07) is 5.73. The zero-order chi connectivity index (χ0) is 14.7. The maximum atomic E-state index is 5.97. The molecule has 0 saturated carbocycles. The van der Waals surface area contributed by atoms with Crippen molar-refractivity contribution in [2.24, 2.45) is 0 Å². The predicted octanol–water partition coefficient (Wildman–Crippen LogP) is 2.50. The number of aromatic nitrogens is 4. The Morgan fingerprint density at radius 1 is 1.29 bits per heavy atom. The van der Waals surface area contributed by atoms with Crippen molar-refractivity contribution in [3.8, 4) is 11.1 Å². The lowest BCUT2D eigenvalue weighted by atomic mass is 10.1. The number of hydrogen-bond acceptors (Lipinski definition) is 7. The molecule has 3 aromatic rings. The summed E-state index contributed by atoms with van der Waals surface area (Å²) in [5, 5.41) is 4.25. The van der Waals surface area contributed by atoms with Crippen molar-refractivity contribution in [1.82, 2.24) is 19.3 Å². The summed E-state index contributed by atoms with van der Waals surface area (Å²) < 4.78 is 4.22. The van der Waals surface area contributed by atoms with E-state index in [-0.39, 0.29) is 0 Å². The van der Waals surface area contributed by atoms with E-state index in [0.717, 1.165) is 27.6 Å². The fraction of sp³-hybridized carbons (Fsp3) is 0.143. The number of nitrogens with zero attached hydrogens (tertiary/aromatic N) is 4. The summed E-state index contributed by atoms with van der Waals surface area (Å²) in [6.07, 6.45) is 5.26. The van der Waals surface area contributed by atoms with Gasteiger partial charge >= 0.3 is 0 Å². The molecule has 0 aliphatic rings. The van der Waals surface area contributed by atoms with E-state index < -0.39 is 0 Å². The highest BCUT2D eigenvalue weighted by Gasteiger charge is 2.13. The molecule has 0 bridgehead atoms. The zero-order valence-electron chi connectivity index (χ0n) is 11.4. The largest absolute Gasteiger partial charge is 0.382 e. The minimum Gasteiger partial charge on any atom is -0.382 e. The van der Waals surface area contributed by atoms with Crippen molar-refractivity contribution in [1.29, 1.82) is 0 Å². The minimum absolute atomic E-state index is 0.509. The molecular weight excluding hydrogens is 284 g/mol. The van der Waals surface area contributed by atoms with Gasteiger partial charge in [-0.25, -0.2) is 9.97 Å². The molecule has 7 heteroatoms. The van der Waals surface area contributed by atoms with Crippen LogP contribution in [0.3, 0.4) is 0 Å². The first-order valence-corrected chi connectivity index (χ1v) is 7.19. The number of rotatable bonds is 4. The summed E-state index contributed by atoms with van der Waals surface area (Å²) in [6.45, 7) is 2.47. The summed E-state index contributed by atoms with van der Waals surface area (Å²) in [7, 11) is 0. The van der Waals surface area contributed by atoms with Crippen LogP contribution in [-0.2, 0) is 6.54 Å². The van der Waals surface area contributed by atoms with E-state index in [1.807, 2.05) is 25.1 Å². The van der Waals surface area contributed by atoms with Gasteiger partial charge in [0.1, 0.15) is 16.6 Å². The zero-order valence-corrected chi connectivity index (χ0v) is 12.3. The first-order valence-electron chi connectivity index (χ1n) is 6.42. The monoisotopic (exact) mass is 298 g/mol. The normalized spacial score (nSPS) is 10.5. The lowest BCUT2D eigenvalue weighted by Gasteiger charge is -2.07. The average molecular weight is 298 g/mol. The first-order chi connectivity index (χ1) is 10.2. The third-order valence-corrected chi connectivity index (χ3v) is 3.75. The molecule has 106 valence electrons. The Bertz CT molecular complexity index is 740. The molecular formula is C14H14N6S. The molecule has 0 unspecified atom stereocenters. The molecule has 0 radical (unpaired) electrons. The van der Waals surface area contributed by atoms with E-state index in [0.29, 0.717) is 12.4 Å². The van der Waals surface area contributed by atoms with Gasteiger partial charge in [-0.1, -0.05) is 6.07 Å². The van der Waals surface area contributed by atoms with Gasteiger partial charge in [0.15, 0.2) is 0 Å². The van der Waals surface area contributed by atoms with Gasteiger partial charge in [-0.2, -0.15) is 4.37 Å². The standard InChI is InChI=1S/C14H14N6S/c1-9-17-6-4-11(19-9)8-18-14-12(13(15)20-21-14)10-3-2-5-16-7-10/h2-7,18H,8H2,1H3,(H2,15,20). The smallest absolute Gasteiger partial charge is 0.147 e. The second-order valence-electron chi connectivity index (χ2n) is 4.46. The molecule has 21 heavy (non-hydrogen) atoms. The van der Waals surface area contributed by atoms with Crippen LogP contribution >= 0.6 is 11.5 Å².